The highest BCUT2D eigenvalue weighted by molar-refractivity contribution is 7.25. The van der Waals surface area contributed by atoms with Crippen LogP contribution in [-0.2, 0) is 24.2 Å². The van der Waals surface area contributed by atoms with Gasteiger partial charge in [-0.15, -0.1) is 11.3 Å². The maximum Gasteiger partial charge on any atom is 0.147 e. The molecule has 3 aromatic heterocycles. The van der Waals surface area contributed by atoms with Crippen molar-refractivity contribution in [3.05, 3.63) is 47.4 Å². The SMILES string of the molecule is COc1cc(CCNc2ncnc3c2sc2nc4c(cc23)COC(C)(C)C4)cc(OC)c1. The normalized spacial score (nSPS) is 15.0. The van der Waals surface area contributed by atoms with Gasteiger partial charge in [-0.3, -0.25) is 0 Å². The Bertz CT molecular complexity index is 1280. The van der Waals surface area contributed by atoms with E-state index in [9.17, 15) is 0 Å². The summed E-state index contributed by atoms with van der Waals surface area (Å²) < 4.78 is 17.8. The molecule has 4 aromatic rings. The van der Waals surface area contributed by atoms with Gasteiger partial charge in [0.1, 0.15) is 28.5 Å². The van der Waals surface area contributed by atoms with Crippen molar-refractivity contribution in [1.29, 1.82) is 0 Å². The van der Waals surface area contributed by atoms with E-state index in [1.807, 2.05) is 18.2 Å². The zero-order valence-electron chi connectivity index (χ0n) is 18.7. The van der Waals surface area contributed by atoms with Crippen LogP contribution in [0.3, 0.4) is 0 Å². The molecule has 32 heavy (non-hydrogen) atoms. The van der Waals surface area contributed by atoms with E-state index in [1.54, 1.807) is 31.9 Å². The Labute approximate surface area is 190 Å². The monoisotopic (exact) mass is 450 g/mol. The first-order valence-electron chi connectivity index (χ1n) is 10.6. The van der Waals surface area contributed by atoms with Crippen molar-refractivity contribution in [2.24, 2.45) is 0 Å². The molecule has 1 aliphatic rings. The van der Waals surface area contributed by atoms with Crippen molar-refractivity contribution in [2.75, 3.05) is 26.1 Å². The van der Waals surface area contributed by atoms with Gasteiger partial charge in [-0.1, -0.05) is 0 Å². The van der Waals surface area contributed by atoms with Crippen LogP contribution >= 0.6 is 11.3 Å². The van der Waals surface area contributed by atoms with Crippen LogP contribution in [0.2, 0.25) is 0 Å². The number of anilines is 1. The average molecular weight is 451 g/mol. The highest BCUT2D eigenvalue weighted by Gasteiger charge is 2.28. The van der Waals surface area contributed by atoms with Crippen LogP contribution in [0, 0.1) is 0 Å². The van der Waals surface area contributed by atoms with Crippen molar-refractivity contribution < 1.29 is 14.2 Å². The number of nitrogens with zero attached hydrogens (tertiary/aromatic N) is 3. The standard InChI is InChI=1S/C24H26N4O3S/c1-24(2)11-19-15(12-31-24)9-18-20-21(32-23(18)28-19)22(27-13-26-20)25-6-5-14-7-16(29-3)10-17(8-14)30-4/h7-10,13H,5-6,11-12H2,1-4H3,(H,25,26,27). The van der Waals surface area contributed by atoms with Crippen LogP contribution < -0.4 is 14.8 Å². The van der Waals surface area contributed by atoms with Crippen LogP contribution in [0.15, 0.2) is 30.6 Å². The molecule has 0 bridgehead atoms. The highest BCUT2D eigenvalue weighted by atomic mass is 32.1. The summed E-state index contributed by atoms with van der Waals surface area (Å²) in [4.78, 5) is 15.0. The Hall–Kier alpha value is -2.97. The zero-order chi connectivity index (χ0) is 22.3. The molecule has 1 N–H and O–H groups in total. The first-order chi connectivity index (χ1) is 15.5. The van der Waals surface area contributed by atoms with Gasteiger partial charge in [0.2, 0.25) is 0 Å². The van der Waals surface area contributed by atoms with Crippen LogP contribution in [-0.4, -0.2) is 41.3 Å². The summed E-state index contributed by atoms with van der Waals surface area (Å²) in [6.07, 6.45) is 3.24. The van der Waals surface area contributed by atoms with Gasteiger partial charge in [0.15, 0.2) is 0 Å². The van der Waals surface area contributed by atoms with Crippen LogP contribution in [0.5, 0.6) is 11.5 Å². The predicted molar refractivity (Wildman–Crippen MR) is 127 cm³/mol. The molecule has 0 saturated carbocycles. The second-order valence-electron chi connectivity index (χ2n) is 8.57. The molecule has 166 valence electrons. The summed E-state index contributed by atoms with van der Waals surface area (Å²) in [5.74, 6) is 2.41. The maximum absolute atomic E-state index is 5.98. The third-order valence-corrected chi connectivity index (χ3v) is 6.84. The molecule has 0 fully saturated rings. The summed E-state index contributed by atoms with van der Waals surface area (Å²) >= 11 is 1.64. The largest absolute Gasteiger partial charge is 0.497 e. The number of aromatic nitrogens is 3. The van der Waals surface area contributed by atoms with Gasteiger partial charge < -0.3 is 19.5 Å². The highest BCUT2D eigenvalue weighted by Crippen LogP contribution is 2.38. The third kappa shape index (κ3) is 3.96. The van der Waals surface area contributed by atoms with E-state index in [4.69, 9.17) is 19.2 Å². The maximum atomic E-state index is 5.98. The molecule has 4 heterocycles. The number of fused-ring (bicyclic) bond motifs is 4. The molecule has 0 saturated heterocycles. The molecule has 0 radical (unpaired) electrons. The number of hydrogen-bond donors (Lipinski definition) is 1. The summed E-state index contributed by atoms with van der Waals surface area (Å²) in [5, 5.41) is 4.54. The Morgan fingerprint density at radius 1 is 1.09 bits per heavy atom. The van der Waals surface area contributed by atoms with E-state index in [-0.39, 0.29) is 5.60 Å². The molecule has 1 aliphatic heterocycles. The van der Waals surface area contributed by atoms with Gasteiger partial charge in [0, 0.05) is 30.0 Å². The molecule has 8 heteroatoms. The number of hydrogen-bond acceptors (Lipinski definition) is 8. The number of nitrogens with one attached hydrogen (secondary N) is 1. The Morgan fingerprint density at radius 3 is 2.62 bits per heavy atom. The van der Waals surface area contributed by atoms with E-state index in [0.29, 0.717) is 6.61 Å². The number of pyridine rings is 1. The van der Waals surface area contributed by atoms with Gasteiger partial charge in [0.25, 0.3) is 0 Å². The number of ether oxygens (including phenoxy) is 3. The van der Waals surface area contributed by atoms with Crippen molar-refractivity contribution in [3.8, 4) is 11.5 Å². The van der Waals surface area contributed by atoms with Gasteiger partial charge >= 0.3 is 0 Å². The minimum atomic E-state index is -0.181. The fraction of sp³-hybridized carbons (Fsp3) is 0.375. The number of benzene rings is 1. The zero-order valence-corrected chi connectivity index (χ0v) is 19.5. The van der Waals surface area contributed by atoms with E-state index in [2.05, 4.69) is 35.2 Å². The molecular weight excluding hydrogens is 424 g/mol. The van der Waals surface area contributed by atoms with Crippen LogP contribution in [0.25, 0.3) is 20.4 Å². The van der Waals surface area contributed by atoms with Gasteiger partial charge in [-0.2, -0.15) is 0 Å². The number of thiophene rings is 1. The van der Waals surface area contributed by atoms with E-state index in [0.717, 1.165) is 74.0 Å². The topological polar surface area (TPSA) is 78.4 Å². The van der Waals surface area contributed by atoms with Crippen LogP contribution in [0.4, 0.5) is 5.82 Å². The van der Waals surface area contributed by atoms with Crippen molar-refractivity contribution in [2.45, 2.75) is 38.9 Å². The predicted octanol–water partition coefficient (Wildman–Crippen LogP) is 4.76. The van der Waals surface area contributed by atoms with Gasteiger partial charge in [0.05, 0.1) is 42.3 Å². The van der Waals surface area contributed by atoms with Crippen molar-refractivity contribution in [1.82, 2.24) is 15.0 Å². The molecular formula is C24H26N4O3S. The van der Waals surface area contributed by atoms with Gasteiger partial charge in [-0.05, 0) is 44.0 Å². The Balaban J connectivity index is 1.41. The second-order valence-corrected chi connectivity index (χ2v) is 9.57. The summed E-state index contributed by atoms with van der Waals surface area (Å²) in [7, 11) is 3.32. The Kier molecular flexibility index (Phi) is 5.35. The van der Waals surface area contributed by atoms with Crippen molar-refractivity contribution >= 4 is 37.6 Å². The third-order valence-electron chi connectivity index (χ3n) is 5.74. The molecule has 0 spiro atoms. The quantitative estimate of drug-likeness (QED) is 0.454. The molecule has 1 aromatic carbocycles. The van der Waals surface area contributed by atoms with Gasteiger partial charge in [-0.25, -0.2) is 15.0 Å². The minimum absolute atomic E-state index is 0.181. The molecule has 0 aliphatic carbocycles. The fourth-order valence-electron chi connectivity index (χ4n) is 4.05. The summed E-state index contributed by atoms with van der Waals surface area (Å²) in [6, 6.07) is 8.11. The molecule has 5 rings (SSSR count). The summed E-state index contributed by atoms with van der Waals surface area (Å²) in [6.45, 7) is 5.53. The van der Waals surface area contributed by atoms with E-state index < -0.39 is 0 Å². The van der Waals surface area contributed by atoms with Crippen molar-refractivity contribution in [3.63, 3.8) is 0 Å². The average Bonchev–Trinajstić information content (AvgIpc) is 3.15. The molecule has 0 atom stereocenters. The summed E-state index contributed by atoms with van der Waals surface area (Å²) in [5.41, 5.74) is 4.16. The van der Waals surface area contributed by atoms with Crippen LogP contribution in [0.1, 0.15) is 30.7 Å². The molecule has 0 unspecified atom stereocenters. The second kappa shape index (κ2) is 8.18. The minimum Gasteiger partial charge on any atom is -0.497 e. The smallest absolute Gasteiger partial charge is 0.147 e. The lowest BCUT2D eigenvalue weighted by Gasteiger charge is -2.30. The molecule has 7 nitrogen and oxygen atoms in total. The lowest BCUT2D eigenvalue weighted by atomic mass is 9.95. The number of rotatable bonds is 6. The first-order valence-corrected chi connectivity index (χ1v) is 11.4. The fourth-order valence-corrected chi connectivity index (χ4v) is 5.14. The molecule has 0 amide bonds. The van der Waals surface area contributed by atoms with E-state index in [1.165, 1.54) is 0 Å². The number of methoxy groups -OCH3 is 2. The Morgan fingerprint density at radius 2 is 1.88 bits per heavy atom. The lowest BCUT2D eigenvalue weighted by Crippen LogP contribution is -2.32. The lowest BCUT2D eigenvalue weighted by molar-refractivity contribution is -0.0411. The first kappa shape index (κ1) is 20.9. The van der Waals surface area contributed by atoms with E-state index >= 15 is 0 Å².